The van der Waals surface area contributed by atoms with Gasteiger partial charge in [-0.3, -0.25) is 5.10 Å². The van der Waals surface area contributed by atoms with Crippen molar-refractivity contribution in [1.82, 2.24) is 20.2 Å². The fourth-order valence-corrected chi connectivity index (χ4v) is 2.98. The van der Waals surface area contributed by atoms with Gasteiger partial charge in [0.1, 0.15) is 10.8 Å². The van der Waals surface area contributed by atoms with Gasteiger partial charge >= 0.3 is 0 Å². The number of benzene rings is 1. The average molecular weight is 387 g/mol. The molecular weight excluding hydrogens is 367 g/mol. The lowest BCUT2D eigenvalue weighted by molar-refractivity contribution is 0.626. The third-order valence-electron chi connectivity index (χ3n) is 4.54. The highest BCUT2D eigenvalue weighted by molar-refractivity contribution is 6.32. The third-order valence-corrected chi connectivity index (χ3v) is 4.82. The van der Waals surface area contributed by atoms with Gasteiger partial charge in [0.15, 0.2) is 11.6 Å². The van der Waals surface area contributed by atoms with Crippen molar-refractivity contribution < 1.29 is 4.39 Å². The van der Waals surface area contributed by atoms with Crippen LogP contribution in [-0.2, 0) is 6.42 Å². The van der Waals surface area contributed by atoms with E-state index in [1.165, 1.54) is 31.2 Å². The SMILES string of the molecule is C[C@H](Nc1ncc(Cl)c(Nc2cc(CC3CC3)[nH]n2)n1)c1ccc(F)cc1. The fraction of sp³-hybridized carbons (Fsp3) is 0.316. The predicted octanol–water partition coefficient (Wildman–Crippen LogP) is 4.86. The molecule has 2 heterocycles. The molecule has 8 heteroatoms. The maximum atomic E-state index is 13.1. The molecule has 6 nitrogen and oxygen atoms in total. The Labute approximate surface area is 161 Å². The van der Waals surface area contributed by atoms with Crippen LogP contribution >= 0.6 is 11.6 Å². The Bertz CT molecular complexity index is 922. The van der Waals surface area contributed by atoms with Crippen molar-refractivity contribution in [2.45, 2.75) is 32.2 Å². The molecule has 0 aliphatic heterocycles. The van der Waals surface area contributed by atoms with Gasteiger partial charge in [-0.05, 0) is 49.8 Å². The van der Waals surface area contributed by atoms with Crippen molar-refractivity contribution in [2.24, 2.45) is 5.92 Å². The maximum absolute atomic E-state index is 13.1. The molecule has 0 unspecified atom stereocenters. The van der Waals surface area contributed by atoms with E-state index >= 15 is 0 Å². The van der Waals surface area contributed by atoms with Crippen LogP contribution in [0, 0.1) is 11.7 Å². The molecule has 3 N–H and O–H groups in total. The smallest absolute Gasteiger partial charge is 0.225 e. The maximum Gasteiger partial charge on any atom is 0.225 e. The lowest BCUT2D eigenvalue weighted by atomic mass is 10.1. The van der Waals surface area contributed by atoms with E-state index in [9.17, 15) is 4.39 Å². The van der Waals surface area contributed by atoms with Crippen LogP contribution in [0.3, 0.4) is 0 Å². The van der Waals surface area contributed by atoms with Crippen molar-refractivity contribution in [2.75, 3.05) is 10.6 Å². The van der Waals surface area contributed by atoms with Crippen molar-refractivity contribution >= 4 is 29.2 Å². The monoisotopic (exact) mass is 386 g/mol. The number of rotatable bonds is 7. The van der Waals surface area contributed by atoms with Crippen LogP contribution in [0.1, 0.15) is 37.1 Å². The van der Waals surface area contributed by atoms with Crippen LogP contribution < -0.4 is 10.6 Å². The molecule has 3 aromatic rings. The molecule has 0 saturated heterocycles. The first-order valence-corrected chi connectivity index (χ1v) is 9.30. The van der Waals surface area contributed by atoms with Gasteiger partial charge < -0.3 is 10.6 Å². The number of aromatic nitrogens is 4. The zero-order valence-corrected chi connectivity index (χ0v) is 15.6. The number of hydrogen-bond acceptors (Lipinski definition) is 5. The van der Waals surface area contributed by atoms with Crippen LogP contribution in [0.4, 0.5) is 22.0 Å². The Morgan fingerprint density at radius 2 is 2.07 bits per heavy atom. The van der Waals surface area contributed by atoms with E-state index in [2.05, 4.69) is 30.8 Å². The molecule has 1 saturated carbocycles. The van der Waals surface area contributed by atoms with E-state index in [1.54, 1.807) is 12.1 Å². The number of hydrogen-bond donors (Lipinski definition) is 3. The molecule has 1 fully saturated rings. The van der Waals surface area contributed by atoms with Crippen LogP contribution in [-0.4, -0.2) is 20.2 Å². The lowest BCUT2D eigenvalue weighted by Crippen LogP contribution is -2.10. The van der Waals surface area contributed by atoms with Crippen LogP contribution in [0.15, 0.2) is 36.5 Å². The second kappa shape index (κ2) is 7.52. The molecule has 1 aliphatic carbocycles. The van der Waals surface area contributed by atoms with Gasteiger partial charge in [0.25, 0.3) is 0 Å². The van der Waals surface area contributed by atoms with Crippen LogP contribution in [0.5, 0.6) is 0 Å². The molecule has 0 spiro atoms. The third kappa shape index (κ3) is 4.54. The zero-order valence-electron chi connectivity index (χ0n) is 14.8. The van der Waals surface area contributed by atoms with E-state index < -0.39 is 0 Å². The topological polar surface area (TPSA) is 78.5 Å². The summed E-state index contributed by atoms with van der Waals surface area (Å²) >= 11 is 6.22. The molecule has 27 heavy (non-hydrogen) atoms. The molecule has 1 aliphatic rings. The lowest BCUT2D eigenvalue weighted by Gasteiger charge is -2.15. The van der Waals surface area contributed by atoms with Crippen molar-refractivity contribution in [3.63, 3.8) is 0 Å². The van der Waals surface area contributed by atoms with E-state index in [0.717, 1.165) is 23.6 Å². The van der Waals surface area contributed by atoms with Crippen molar-refractivity contribution in [3.05, 3.63) is 58.6 Å². The molecule has 0 bridgehead atoms. The van der Waals surface area contributed by atoms with Gasteiger partial charge in [-0.1, -0.05) is 23.7 Å². The van der Waals surface area contributed by atoms with Crippen molar-refractivity contribution in [1.29, 1.82) is 0 Å². The standard InChI is InChI=1S/C19H20ClFN6/c1-11(13-4-6-14(21)7-5-13)23-19-22-10-16(20)18(25-19)24-17-9-15(26-27-17)8-12-2-3-12/h4-7,9-12H,2-3,8H2,1H3,(H3,22,23,24,25,26,27)/t11-/m0/s1. The van der Waals surface area contributed by atoms with Gasteiger partial charge in [0, 0.05) is 11.8 Å². The number of aromatic amines is 1. The second-order valence-corrected chi connectivity index (χ2v) is 7.27. The minimum absolute atomic E-state index is 0.0878. The quantitative estimate of drug-likeness (QED) is 0.540. The minimum Gasteiger partial charge on any atom is -0.348 e. The summed E-state index contributed by atoms with van der Waals surface area (Å²) < 4.78 is 13.1. The van der Waals surface area contributed by atoms with E-state index in [-0.39, 0.29) is 11.9 Å². The summed E-state index contributed by atoms with van der Waals surface area (Å²) in [6.07, 6.45) is 5.14. The highest BCUT2D eigenvalue weighted by Crippen LogP contribution is 2.32. The minimum atomic E-state index is -0.264. The fourth-order valence-electron chi connectivity index (χ4n) is 2.84. The summed E-state index contributed by atoms with van der Waals surface area (Å²) in [5.41, 5.74) is 2.04. The van der Waals surface area contributed by atoms with E-state index in [1.807, 2.05) is 13.0 Å². The zero-order chi connectivity index (χ0) is 18.8. The molecule has 1 aromatic carbocycles. The van der Waals surface area contributed by atoms with Gasteiger partial charge in [-0.25, -0.2) is 9.37 Å². The van der Waals surface area contributed by atoms with Crippen LogP contribution in [0.2, 0.25) is 5.02 Å². The van der Waals surface area contributed by atoms with Gasteiger partial charge in [-0.2, -0.15) is 10.1 Å². The van der Waals surface area contributed by atoms with Gasteiger partial charge in [0.2, 0.25) is 5.95 Å². The first-order chi connectivity index (χ1) is 13.1. The summed E-state index contributed by atoms with van der Waals surface area (Å²) in [7, 11) is 0. The van der Waals surface area contributed by atoms with Crippen LogP contribution in [0.25, 0.3) is 0 Å². The first kappa shape index (κ1) is 17.7. The number of halogens is 2. The summed E-state index contributed by atoms with van der Waals surface area (Å²) in [5.74, 6) is 2.09. The number of nitrogens with one attached hydrogen (secondary N) is 3. The number of anilines is 3. The normalized spacial score (nSPS) is 14.8. The summed E-state index contributed by atoms with van der Waals surface area (Å²) in [6.45, 7) is 1.95. The molecule has 1 atom stereocenters. The molecule has 4 rings (SSSR count). The Hall–Kier alpha value is -2.67. The van der Waals surface area contributed by atoms with Crippen molar-refractivity contribution in [3.8, 4) is 0 Å². The molecule has 0 amide bonds. The Kier molecular flexibility index (Phi) is 4.94. The highest BCUT2D eigenvalue weighted by Gasteiger charge is 2.22. The van der Waals surface area contributed by atoms with Gasteiger partial charge in [0.05, 0.1) is 12.2 Å². The Morgan fingerprint density at radius 3 is 2.81 bits per heavy atom. The molecule has 0 radical (unpaired) electrons. The van der Waals surface area contributed by atoms with E-state index in [0.29, 0.717) is 22.6 Å². The van der Waals surface area contributed by atoms with E-state index in [4.69, 9.17) is 11.6 Å². The summed E-state index contributed by atoms with van der Waals surface area (Å²) in [6, 6.07) is 8.21. The largest absolute Gasteiger partial charge is 0.348 e. The number of nitrogens with zero attached hydrogens (tertiary/aromatic N) is 3. The molecule has 140 valence electrons. The Balaban J connectivity index is 1.45. The Morgan fingerprint density at radius 1 is 1.30 bits per heavy atom. The highest BCUT2D eigenvalue weighted by atomic mass is 35.5. The molecule has 2 aromatic heterocycles. The molecular formula is C19H20ClFN6. The summed E-state index contributed by atoms with van der Waals surface area (Å²) in [4.78, 5) is 8.66. The summed E-state index contributed by atoms with van der Waals surface area (Å²) in [5, 5.41) is 14.0. The second-order valence-electron chi connectivity index (χ2n) is 6.86. The first-order valence-electron chi connectivity index (χ1n) is 8.92. The van der Waals surface area contributed by atoms with Gasteiger partial charge in [-0.15, -0.1) is 0 Å². The predicted molar refractivity (Wildman–Crippen MR) is 104 cm³/mol. The average Bonchev–Trinajstić information content (AvgIpc) is 3.36. The number of H-pyrrole nitrogens is 1.